The van der Waals surface area contributed by atoms with Crippen LogP contribution in [0, 0.1) is 11.8 Å². The second kappa shape index (κ2) is 5.81. The first-order valence-corrected chi connectivity index (χ1v) is 4.42. The summed E-state index contributed by atoms with van der Waals surface area (Å²) >= 11 is 0. The lowest BCUT2D eigenvalue weighted by Gasteiger charge is -2.03. The van der Waals surface area contributed by atoms with Crippen LogP contribution >= 0.6 is 0 Å². The molecule has 0 heterocycles. The van der Waals surface area contributed by atoms with Gasteiger partial charge in [-0.1, -0.05) is 32.9 Å². The van der Waals surface area contributed by atoms with Gasteiger partial charge in [-0.3, -0.25) is 4.79 Å². The summed E-state index contributed by atoms with van der Waals surface area (Å²) in [7, 11) is 0. The third-order valence-electron chi connectivity index (χ3n) is 1.64. The van der Waals surface area contributed by atoms with Gasteiger partial charge in [-0.25, -0.2) is 0 Å². The van der Waals surface area contributed by atoms with Crippen molar-refractivity contribution in [2.75, 3.05) is 0 Å². The van der Waals surface area contributed by atoms with Gasteiger partial charge in [0.15, 0.2) is 0 Å². The average molecular weight is 170 g/mol. The molecule has 2 heteroatoms. The smallest absolute Gasteiger partial charge is 0.303 e. The van der Waals surface area contributed by atoms with Crippen LogP contribution in [0.5, 0.6) is 0 Å². The minimum Gasteiger partial charge on any atom is -0.481 e. The molecule has 0 radical (unpaired) electrons. The molecule has 1 unspecified atom stereocenters. The second-order valence-electron chi connectivity index (χ2n) is 3.54. The number of carbonyl (C=O) groups is 1. The van der Waals surface area contributed by atoms with Gasteiger partial charge in [0.25, 0.3) is 0 Å². The highest BCUT2D eigenvalue weighted by Crippen LogP contribution is 2.08. The number of hydrogen-bond donors (Lipinski definition) is 1. The maximum Gasteiger partial charge on any atom is 0.303 e. The number of carboxylic acids is 1. The summed E-state index contributed by atoms with van der Waals surface area (Å²) in [5.74, 6) is 0.223. The van der Waals surface area contributed by atoms with Gasteiger partial charge >= 0.3 is 5.97 Å². The molecule has 0 aromatic carbocycles. The minimum atomic E-state index is -0.709. The van der Waals surface area contributed by atoms with E-state index in [2.05, 4.69) is 26.0 Å². The molecule has 1 atom stereocenters. The van der Waals surface area contributed by atoms with Crippen LogP contribution in [0.3, 0.4) is 0 Å². The van der Waals surface area contributed by atoms with E-state index >= 15 is 0 Å². The Morgan fingerprint density at radius 1 is 1.33 bits per heavy atom. The molecule has 0 bridgehead atoms. The van der Waals surface area contributed by atoms with Crippen molar-refractivity contribution in [1.29, 1.82) is 0 Å². The summed E-state index contributed by atoms with van der Waals surface area (Å²) in [5, 5.41) is 8.42. The molecule has 0 aliphatic carbocycles. The third kappa shape index (κ3) is 7.32. The van der Waals surface area contributed by atoms with E-state index in [4.69, 9.17) is 5.11 Å². The average Bonchev–Trinajstić information content (AvgIpc) is 1.96. The normalized spacial score (nSPS) is 14.0. The van der Waals surface area contributed by atoms with Gasteiger partial charge in [-0.2, -0.15) is 0 Å². The van der Waals surface area contributed by atoms with Crippen LogP contribution in [-0.2, 0) is 4.79 Å². The Balaban J connectivity index is 3.59. The van der Waals surface area contributed by atoms with E-state index in [9.17, 15) is 4.79 Å². The molecule has 12 heavy (non-hydrogen) atoms. The number of aliphatic carboxylic acids is 1. The number of hydrogen-bond acceptors (Lipinski definition) is 1. The summed E-state index contributed by atoms with van der Waals surface area (Å²) in [4.78, 5) is 10.2. The van der Waals surface area contributed by atoms with Crippen LogP contribution in [0.2, 0.25) is 0 Å². The monoisotopic (exact) mass is 170 g/mol. The van der Waals surface area contributed by atoms with E-state index in [1.807, 2.05) is 6.92 Å². The predicted molar refractivity (Wildman–Crippen MR) is 50.0 cm³/mol. The Morgan fingerprint density at radius 2 is 1.92 bits per heavy atom. The van der Waals surface area contributed by atoms with E-state index in [0.717, 1.165) is 6.42 Å². The van der Waals surface area contributed by atoms with Crippen molar-refractivity contribution in [3.05, 3.63) is 12.2 Å². The minimum absolute atomic E-state index is 0.267. The Kier molecular flexibility index (Phi) is 5.43. The molecule has 0 aromatic rings. The fraction of sp³-hybridized carbons (Fsp3) is 0.700. The van der Waals surface area contributed by atoms with E-state index < -0.39 is 5.97 Å². The van der Waals surface area contributed by atoms with E-state index in [1.165, 1.54) is 0 Å². The summed E-state index contributed by atoms with van der Waals surface area (Å²) in [6.07, 6.45) is 5.21. The SMILES string of the molecule is CC(C)C=CC(C)CCC(=O)O. The first-order valence-electron chi connectivity index (χ1n) is 4.42. The van der Waals surface area contributed by atoms with E-state index in [0.29, 0.717) is 11.8 Å². The van der Waals surface area contributed by atoms with Gasteiger partial charge in [-0.05, 0) is 18.3 Å². The maximum absolute atomic E-state index is 10.2. The molecule has 70 valence electrons. The Morgan fingerprint density at radius 3 is 2.33 bits per heavy atom. The molecule has 2 nitrogen and oxygen atoms in total. The number of carboxylic acid groups (broad SMARTS) is 1. The van der Waals surface area contributed by atoms with Crippen LogP contribution in [0.1, 0.15) is 33.6 Å². The molecule has 0 rings (SSSR count). The fourth-order valence-electron chi connectivity index (χ4n) is 0.859. The third-order valence-corrected chi connectivity index (χ3v) is 1.64. The van der Waals surface area contributed by atoms with Crippen molar-refractivity contribution in [3.63, 3.8) is 0 Å². The highest BCUT2D eigenvalue weighted by molar-refractivity contribution is 5.66. The van der Waals surface area contributed by atoms with E-state index in [1.54, 1.807) is 0 Å². The second-order valence-corrected chi connectivity index (χ2v) is 3.54. The van der Waals surface area contributed by atoms with Gasteiger partial charge in [0.05, 0.1) is 0 Å². The van der Waals surface area contributed by atoms with Crippen LogP contribution in [0.15, 0.2) is 12.2 Å². The molecule has 0 aliphatic rings. The van der Waals surface area contributed by atoms with Gasteiger partial charge in [-0.15, -0.1) is 0 Å². The molecule has 0 aromatic heterocycles. The number of rotatable bonds is 5. The molecule has 0 spiro atoms. The summed E-state index contributed by atoms with van der Waals surface area (Å²) in [6.45, 7) is 6.27. The highest BCUT2D eigenvalue weighted by atomic mass is 16.4. The molecule has 1 N–H and O–H groups in total. The molecule has 0 saturated heterocycles. The van der Waals surface area contributed by atoms with Crippen LogP contribution in [-0.4, -0.2) is 11.1 Å². The van der Waals surface area contributed by atoms with Crippen molar-refractivity contribution in [1.82, 2.24) is 0 Å². The molecular formula is C10H18O2. The summed E-state index contributed by atoms with van der Waals surface area (Å²) in [5.41, 5.74) is 0. The van der Waals surface area contributed by atoms with Crippen molar-refractivity contribution in [3.8, 4) is 0 Å². The topological polar surface area (TPSA) is 37.3 Å². The molecular weight excluding hydrogens is 152 g/mol. The van der Waals surface area contributed by atoms with Crippen LogP contribution < -0.4 is 0 Å². The van der Waals surface area contributed by atoms with Crippen molar-refractivity contribution < 1.29 is 9.90 Å². The standard InChI is InChI=1S/C10H18O2/c1-8(2)4-5-9(3)6-7-10(11)12/h4-5,8-9H,6-7H2,1-3H3,(H,11,12). The first kappa shape index (κ1) is 11.2. The van der Waals surface area contributed by atoms with Gasteiger partial charge in [0.1, 0.15) is 0 Å². The van der Waals surface area contributed by atoms with Crippen molar-refractivity contribution >= 4 is 5.97 Å². The van der Waals surface area contributed by atoms with Crippen molar-refractivity contribution in [2.45, 2.75) is 33.6 Å². The lowest BCUT2D eigenvalue weighted by molar-refractivity contribution is -0.137. The zero-order valence-corrected chi connectivity index (χ0v) is 8.08. The van der Waals surface area contributed by atoms with E-state index in [-0.39, 0.29) is 6.42 Å². The Bertz CT molecular complexity index is 159. The number of allylic oxidation sites excluding steroid dienone is 2. The van der Waals surface area contributed by atoms with Crippen LogP contribution in [0.25, 0.3) is 0 Å². The maximum atomic E-state index is 10.2. The van der Waals surface area contributed by atoms with Gasteiger partial charge < -0.3 is 5.11 Å². The zero-order valence-electron chi connectivity index (χ0n) is 8.08. The van der Waals surface area contributed by atoms with Gasteiger partial charge in [0, 0.05) is 6.42 Å². The zero-order chi connectivity index (χ0) is 9.56. The van der Waals surface area contributed by atoms with Crippen LogP contribution in [0.4, 0.5) is 0 Å². The summed E-state index contributed by atoms with van der Waals surface area (Å²) < 4.78 is 0. The lowest BCUT2D eigenvalue weighted by atomic mass is 10.0. The quantitative estimate of drug-likeness (QED) is 0.644. The molecule has 0 amide bonds. The largest absolute Gasteiger partial charge is 0.481 e. The van der Waals surface area contributed by atoms with Crippen molar-refractivity contribution in [2.24, 2.45) is 11.8 Å². The fourth-order valence-corrected chi connectivity index (χ4v) is 0.859. The predicted octanol–water partition coefficient (Wildman–Crippen LogP) is 2.70. The molecule has 0 aliphatic heterocycles. The lowest BCUT2D eigenvalue weighted by Crippen LogP contribution is -1.98. The first-order chi connectivity index (χ1) is 5.52. The molecule has 0 fully saturated rings. The highest BCUT2D eigenvalue weighted by Gasteiger charge is 2.01. The molecule has 0 saturated carbocycles. The summed E-state index contributed by atoms with van der Waals surface area (Å²) in [6, 6.07) is 0. The Hall–Kier alpha value is -0.790. The van der Waals surface area contributed by atoms with Gasteiger partial charge in [0.2, 0.25) is 0 Å². The Labute approximate surface area is 74.3 Å².